The number of ether oxygens (including phenoxy) is 7. The lowest BCUT2D eigenvalue weighted by molar-refractivity contribution is 0.0560. The van der Waals surface area contributed by atoms with Crippen LogP contribution in [0.4, 0.5) is 0 Å². The van der Waals surface area contributed by atoms with Crippen LogP contribution in [0.15, 0.2) is 99.9 Å². The van der Waals surface area contributed by atoms with Crippen molar-refractivity contribution in [1.29, 1.82) is 0 Å². The van der Waals surface area contributed by atoms with E-state index in [-0.39, 0.29) is 5.41 Å². The molecule has 0 aliphatic heterocycles. The third-order valence-corrected chi connectivity index (χ3v) is 5.25. The maximum Gasteiger partial charge on any atom is 0.122 e. The Hall–Kier alpha value is -3.84. The van der Waals surface area contributed by atoms with Gasteiger partial charge >= 0.3 is 0 Å². The predicted molar refractivity (Wildman–Crippen MR) is 151 cm³/mol. The second-order valence-corrected chi connectivity index (χ2v) is 8.13. The van der Waals surface area contributed by atoms with Crippen LogP contribution in [0.3, 0.4) is 0 Å². The third kappa shape index (κ3) is 13.5. The largest absolute Gasteiger partial charge is 0.499 e. The van der Waals surface area contributed by atoms with E-state index < -0.39 is 0 Å². The molecule has 7 nitrogen and oxygen atoms in total. The minimum Gasteiger partial charge on any atom is -0.499 e. The van der Waals surface area contributed by atoms with E-state index in [0.29, 0.717) is 52.9 Å². The van der Waals surface area contributed by atoms with Gasteiger partial charge in [0, 0.05) is 5.41 Å². The van der Waals surface area contributed by atoms with Crippen molar-refractivity contribution in [3.63, 3.8) is 0 Å². The first kappa shape index (κ1) is 32.2. The SMILES string of the molecule is C=COCCOCCOC=C.C=COCCOc1ccc(C(C)(C)c2ccc(OCCOC=C)cc2)cc1. The summed E-state index contributed by atoms with van der Waals surface area (Å²) in [5.41, 5.74) is 2.30. The first-order valence-electron chi connectivity index (χ1n) is 12.4. The van der Waals surface area contributed by atoms with Gasteiger partial charge in [-0.2, -0.15) is 0 Å². The highest BCUT2D eigenvalue weighted by molar-refractivity contribution is 5.41. The molecule has 0 aliphatic rings. The molecule has 0 amide bonds. The molecule has 0 saturated heterocycles. The highest BCUT2D eigenvalue weighted by Crippen LogP contribution is 2.33. The van der Waals surface area contributed by atoms with Crippen LogP contribution in [0.25, 0.3) is 0 Å². The van der Waals surface area contributed by atoms with Crippen molar-refractivity contribution < 1.29 is 33.2 Å². The molecular weight excluding hydrogens is 484 g/mol. The van der Waals surface area contributed by atoms with Crippen molar-refractivity contribution in [2.75, 3.05) is 52.9 Å². The van der Waals surface area contributed by atoms with Crippen LogP contribution in [0, 0.1) is 0 Å². The number of benzene rings is 2. The molecule has 0 saturated carbocycles. The van der Waals surface area contributed by atoms with Crippen molar-refractivity contribution in [1.82, 2.24) is 0 Å². The molecule has 0 heterocycles. The van der Waals surface area contributed by atoms with E-state index >= 15 is 0 Å². The Morgan fingerprint density at radius 1 is 0.500 bits per heavy atom. The highest BCUT2D eigenvalue weighted by Gasteiger charge is 2.23. The molecule has 38 heavy (non-hydrogen) atoms. The van der Waals surface area contributed by atoms with Gasteiger partial charge in [0.1, 0.15) is 51.1 Å². The van der Waals surface area contributed by atoms with Crippen molar-refractivity contribution >= 4 is 0 Å². The quantitative estimate of drug-likeness (QED) is 0.146. The van der Waals surface area contributed by atoms with Crippen LogP contribution < -0.4 is 9.47 Å². The van der Waals surface area contributed by atoms with Gasteiger partial charge in [-0.3, -0.25) is 0 Å². The Balaban J connectivity index is 0.000000554. The van der Waals surface area contributed by atoms with Gasteiger partial charge in [0.15, 0.2) is 0 Å². The van der Waals surface area contributed by atoms with Crippen LogP contribution in [0.1, 0.15) is 25.0 Å². The molecule has 2 aromatic rings. The summed E-state index contributed by atoms with van der Waals surface area (Å²) >= 11 is 0. The molecule has 0 bridgehead atoms. The van der Waals surface area contributed by atoms with Gasteiger partial charge in [-0.15, -0.1) is 0 Å². The Kier molecular flexibility index (Phi) is 17.1. The van der Waals surface area contributed by atoms with Crippen LogP contribution >= 0.6 is 0 Å². The summed E-state index contributed by atoms with van der Waals surface area (Å²) in [6, 6.07) is 16.3. The summed E-state index contributed by atoms with van der Waals surface area (Å²) in [6.07, 6.45) is 5.62. The average molecular weight is 527 g/mol. The standard InChI is InChI=1S/C23H28O4.C8H14O3/c1-5-24-15-17-26-21-11-7-19(8-12-21)23(3,4)20-9-13-22(14-10-20)27-18-16-25-6-2;1-3-9-5-7-11-8-6-10-4-2/h5-14H,1-2,15-18H2,3-4H3;3-4H,1-2,5-8H2. The fraction of sp³-hybridized carbons (Fsp3) is 0.355. The maximum atomic E-state index is 5.65. The van der Waals surface area contributed by atoms with Crippen molar-refractivity contribution in [2.45, 2.75) is 19.3 Å². The third-order valence-electron chi connectivity index (χ3n) is 5.25. The first-order chi connectivity index (χ1) is 18.5. The predicted octanol–water partition coefficient (Wildman–Crippen LogP) is 6.41. The molecule has 7 heteroatoms. The second kappa shape index (κ2) is 20.2. The van der Waals surface area contributed by atoms with Crippen LogP contribution in [-0.4, -0.2) is 52.9 Å². The van der Waals surface area contributed by atoms with Crippen molar-refractivity contribution in [3.8, 4) is 11.5 Å². The second-order valence-electron chi connectivity index (χ2n) is 8.13. The van der Waals surface area contributed by atoms with E-state index in [1.165, 1.54) is 36.2 Å². The van der Waals surface area contributed by atoms with E-state index in [4.69, 9.17) is 33.2 Å². The molecule has 0 radical (unpaired) electrons. The first-order valence-corrected chi connectivity index (χ1v) is 12.4. The fourth-order valence-corrected chi connectivity index (χ4v) is 3.17. The Morgan fingerprint density at radius 2 is 0.816 bits per heavy atom. The Labute approximate surface area is 227 Å². The van der Waals surface area contributed by atoms with Crippen molar-refractivity contribution in [2.24, 2.45) is 0 Å². The van der Waals surface area contributed by atoms with Gasteiger partial charge in [0.2, 0.25) is 0 Å². The maximum absolute atomic E-state index is 5.65. The van der Waals surface area contributed by atoms with Gasteiger partial charge < -0.3 is 33.2 Å². The van der Waals surface area contributed by atoms with Crippen LogP contribution in [-0.2, 0) is 29.1 Å². The van der Waals surface area contributed by atoms with E-state index in [0.717, 1.165) is 11.5 Å². The van der Waals surface area contributed by atoms with Gasteiger partial charge in [0.25, 0.3) is 0 Å². The summed E-state index contributed by atoms with van der Waals surface area (Å²) in [7, 11) is 0. The van der Waals surface area contributed by atoms with E-state index in [2.05, 4.69) is 64.4 Å². The zero-order valence-electron chi connectivity index (χ0n) is 22.8. The summed E-state index contributed by atoms with van der Waals surface area (Å²) in [4.78, 5) is 0. The number of hydrogen-bond acceptors (Lipinski definition) is 7. The molecular formula is C31H42O7. The van der Waals surface area contributed by atoms with E-state index in [9.17, 15) is 0 Å². The summed E-state index contributed by atoms with van der Waals surface area (Å²) in [5, 5.41) is 0. The number of hydrogen-bond donors (Lipinski definition) is 0. The lowest BCUT2D eigenvalue weighted by Crippen LogP contribution is -2.18. The molecule has 208 valence electrons. The topological polar surface area (TPSA) is 64.6 Å². The molecule has 2 rings (SSSR count). The smallest absolute Gasteiger partial charge is 0.122 e. The van der Waals surface area contributed by atoms with Gasteiger partial charge in [-0.05, 0) is 35.4 Å². The molecule has 0 aliphatic carbocycles. The van der Waals surface area contributed by atoms with Gasteiger partial charge in [-0.25, -0.2) is 0 Å². The minimum absolute atomic E-state index is 0.130. The molecule has 0 unspecified atom stereocenters. The molecule has 0 atom stereocenters. The molecule has 0 N–H and O–H groups in total. The summed E-state index contributed by atoms with van der Waals surface area (Å²) < 4.78 is 36.1. The summed E-state index contributed by atoms with van der Waals surface area (Å²) in [5.74, 6) is 1.65. The molecule has 0 fully saturated rings. The lowest BCUT2D eigenvalue weighted by Gasteiger charge is -2.26. The summed E-state index contributed by atoms with van der Waals surface area (Å²) in [6.45, 7) is 22.4. The zero-order valence-corrected chi connectivity index (χ0v) is 22.8. The van der Waals surface area contributed by atoms with Crippen LogP contribution in [0.2, 0.25) is 0 Å². The number of rotatable bonds is 20. The Bertz CT molecular complexity index is 831. The lowest BCUT2D eigenvalue weighted by atomic mass is 9.78. The minimum atomic E-state index is -0.130. The normalized spacial score (nSPS) is 10.2. The van der Waals surface area contributed by atoms with Gasteiger partial charge in [-0.1, -0.05) is 64.4 Å². The Morgan fingerprint density at radius 3 is 1.13 bits per heavy atom. The zero-order chi connectivity index (χ0) is 27.9. The fourth-order valence-electron chi connectivity index (χ4n) is 3.17. The van der Waals surface area contributed by atoms with Crippen LogP contribution in [0.5, 0.6) is 11.5 Å². The molecule has 0 spiro atoms. The average Bonchev–Trinajstić information content (AvgIpc) is 2.94. The molecule has 2 aromatic carbocycles. The highest BCUT2D eigenvalue weighted by atomic mass is 16.5. The molecule has 0 aromatic heterocycles. The monoisotopic (exact) mass is 526 g/mol. The van der Waals surface area contributed by atoms with E-state index in [1.807, 2.05) is 24.3 Å². The van der Waals surface area contributed by atoms with Gasteiger partial charge in [0.05, 0.1) is 38.3 Å². The van der Waals surface area contributed by atoms with Crippen molar-refractivity contribution in [3.05, 3.63) is 111 Å². The van der Waals surface area contributed by atoms with E-state index in [1.54, 1.807) is 0 Å².